The fraction of sp³-hybridized carbons (Fsp3) is 0.429. The first-order valence-corrected chi connectivity index (χ1v) is 11.5. The van der Waals surface area contributed by atoms with Crippen molar-refractivity contribution in [3.8, 4) is 11.5 Å². The lowest BCUT2D eigenvalue weighted by Gasteiger charge is -2.30. The Labute approximate surface area is 206 Å². The first-order chi connectivity index (χ1) is 16.3. The van der Waals surface area contributed by atoms with Crippen molar-refractivity contribution in [2.75, 3.05) is 13.2 Å². The highest BCUT2D eigenvalue weighted by atomic mass is 16.6. The fourth-order valence-corrected chi connectivity index (χ4v) is 3.66. The number of benzene rings is 2. The van der Waals surface area contributed by atoms with E-state index in [1.807, 2.05) is 12.1 Å². The normalized spacial score (nSPS) is 13.3. The highest BCUT2D eigenvalue weighted by Gasteiger charge is 2.44. The molecule has 0 saturated heterocycles. The molecule has 0 N–H and O–H groups in total. The number of rotatable bonds is 10. The molecule has 0 heterocycles. The number of ketones is 2. The summed E-state index contributed by atoms with van der Waals surface area (Å²) in [6.07, 6.45) is 0. The van der Waals surface area contributed by atoms with Crippen LogP contribution in [0.5, 0.6) is 11.5 Å². The molecular formula is C28H34O7. The average molecular weight is 483 g/mol. The molecular weight excluding hydrogens is 448 g/mol. The van der Waals surface area contributed by atoms with Crippen molar-refractivity contribution in [3.63, 3.8) is 0 Å². The molecule has 188 valence electrons. The summed E-state index contributed by atoms with van der Waals surface area (Å²) >= 11 is 0. The maximum absolute atomic E-state index is 13.0. The van der Waals surface area contributed by atoms with Gasteiger partial charge < -0.3 is 14.2 Å². The summed E-state index contributed by atoms with van der Waals surface area (Å²) < 4.78 is 16.1. The van der Waals surface area contributed by atoms with Gasteiger partial charge in [0.15, 0.2) is 11.6 Å². The Morgan fingerprint density at radius 1 is 0.600 bits per heavy atom. The minimum atomic E-state index is -1.26. The Kier molecular flexibility index (Phi) is 9.34. The third kappa shape index (κ3) is 8.35. The summed E-state index contributed by atoms with van der Waals surface area (Å²) in [5.41, 5.74) is -1.68. The van der Waals surface area contributed by atoms with Crippen LogP contribution in [0.2, 0.25) is 0 Å². The molecule has 2 unspecified atom stereocenters. The van der Waals surface area contributed by atoms with E-state index >= 15 is 0 Å². The molecule has 0 amide bonds. The molecule has 2 rings (SSSR count). The van der Waals surface area contributed by atoms with Crippen LogP contribution in [0.3, 0.4) is 0 Å². The zero-order valence-corrected chi connectivity index (χ0v) is 21.2. The molecule has 0 aliphatic heterocycles. The van der Waals surface area contributed by atoms with Crippen LogP contribution in [0.1, 0.15) is 41.5 Å². The highest BCUT2D eigenvalue weighted by Crippen LogP contribution is 2.32. The summed E-state index contributed by atoms with van der Waals surface area (Å²) in [5, 5.41) is 0. The van der Waals surface area contributed by atoms with Crippen molar-refractivity contribution < 1.29 is 33.4 Å². The van der Waals surface area contributed by atoms with Crippen LogP contribution in [0, 0.1) is 22.7 Å². The molecule has 0 aromatic heterocycles. The minimum Gasteiger partial charge on any atom is -0.486 e. The van der Waals surface area contributed by atoms with Crippen molar-refractivity contribution in [2.24, 2.45) is 22.7 Å². The maximum atomic E-state index is 13.0. The van der Waals surface area contributed by atoms with E-state index < -0.39 is 46.2 Å². The number of esters is 2. The Balaban J connectivity index is 2.12. The van der Waals surface area contributed by atoms with Crippen LogP contribution in [0.4, 0.5) is 0 Å². The number of para-hydroxylation sites is 2. The highest BCUT2D eigenvalue weighted by molar-refractivity contribution is 6.07. The summed E-state index contributed by atoms with van der Waals surface area (Å²) in [7, 11) is 0. The van der Waals surface area contributed by atoms with Crippen molar-refractivity contribution >= 4 is 23.5 Å². The summed E-state index contributed by atoms with van der Waals surface area (Å²) in [4.78, 5) is 51.9. The van der Waals surface area contributed by atoms with E-state index in [0.717, 1.165) is 0 Å². The second kappa shape index (κ2) is 11.8. The largest absolute Gasteiger partial charge is 0.486 e. The van der Waals surface area contributed by atoms with Crippen LogP contribution in [0.15, 0.2) is 60.7 Å². The zero-order valence-electron chi connectivity index (χ0n) is 21.2. The number of hydrogen-bond acceptors (Lipinski definition) is 7. The lowest BCUT2D eigenvalue weighted by molar-refractivity contribution is -0.171. The number of Topliss-reactive ketones (excluding diaryl/α,β-unsaturated/α-hetero) is 2. The number of hydrogen-bond donors (Lipinski definition) is 0. The standard InChI is InChI=1S/C28H34O7/c1-27(2,3)23(21(29)17-33-19-13-9-7-10-14-19)25(31)35-26(32)24(28(4,5)6)22(30)18-34-20-15-11-8-12-16-20/h7-16,23-24H,17-18H2,1-6H3. The summed E-state index contributed by atoms with van der Waals surface area (Å²) in [5.74, 6) is -4.61. The molecule has 0 saturated carbocycles. The number of carbonyl (C=O) groups is 4. The first-order valence-electron chi connectivity index (χ1n) is 11.5. The molecule has 0 aliphatic rings. The molecule has 7 heteroatoms. The molecule has 0 fully saturated rings. The van der Waals surface area contributed by atoms with E-state index in [1.165, 1.54) is 0 Å². The Morgan fingerprint density at radius 3 is 1.20 bits per heavy atom. The predicted molar refractivity (Wildman–Crippen MR) is 131 cm³/mol. The van der Waals surface area contributed by atoms with Gasteiger partial charge in [-0.1, -0.05) is 77.9 Å². The fourth-order valence-electron chi connectivity index (χ4n) is 3.66. The van der Waals surface area contributed by atoms with Gasteiger partial charge in [0.25, 0.3) is 0 Å². The van der Waals surface area contributed by atoms with Gasteiger partial charge in [-0.25, -0.2) is 0 Å². The van der Waals surface area contributed by atoms with Crippen LogP contribution < -0.4 is 9.47 Å². The van der Waals surface area contributed by atoms with Crippen molar-refractivity contribution in [1.82, 2.24) is 0 Å². The van der Waals surface area contributed by atoms with Gasteiger partial charge in [0.2, 0.25) is 0 Å². The van der Waals surface area contributed by atoms with Crippen molar-refractivity contribution in [2.45, 2.75) is 41.5 Å². The van der Waals surface area contributed by atoms with Gasteiger partial charge in [-0.05, 0) is 35.1 Å². The average Bonchev–Trinajstić information content (AvgIpc) is 2.76. The lowest BCUT2D eigenvalue weighted by atomic mass is 9.77. The SMILES string of the molecule is CC(C)(C)C(C(=O)COc1ccccc1)C(=O)OC(=O)C(C(=O)COc1ccccc1)C(C)(C)C. The van der Waals surface area contributed by atoms with Gasteiger partial charge in [0.1, 0.15) is 36.5 Å². The second-order valence-corrected chi connectivity index (χ2v) is 10.5. The molecule has 2 aromatic carbocycles. The first kappa shape index (κ1) is 27.8. The molecule has 0 aliphatic carbocycles. The third-order valence-electron chi connectivity index (χ3n) is 5.30. The Bertz CT molecular complexity index is 931. The zero-order chi connectivity index (χ0) is 26.2. The van der Waals surface area contributed by atoms with E-state index in [0.29, 0.717) is 11.5 Å². The van der Waals surface area contributed by atoms with Crippen molar-refractivity contribution in [1.29, 1.82) is 0 Å². The molecule has 2 atom stereocenters. The molecule has 7 nitrogen and oxygen atoms in total. The smallest absolute Gasteiger partial charge is 0.324 e. The van der Waals surface area contributed by atoms with Gasteiger partial charge in [0, 0.05) is 0 Å². The lowest BCUT2D eigenvalue weighted by Crippen LogP contribution is -2.44. The summed E-state index contributed by atoms with van der Waals surface area (Å²) in [6, 6.07) is 17.4. The monoisotopic (exact) mass is 482 g/mol. The quantitative estimate of drug-likeness (QED) is 0.358. The van der Waals surface area contributed by atoms with E-state index in [-0.39, 0.29) is 13.2 Å². The van der Waals surface area contributed by atoms with Crippen LogP contribution >= 0.6 is 0 Å². The van der Waals surface area contributed by atoms with Gasteiger partial charge in [-0.3, -0.25) is 19.2 Å². The van der Waals surface area contributed by atoms with Gasteiger partial charge >= 0.3 is 11.9 Å². The Hall–Kier alpha value is -3.48. The molecule has 0 radical (unpaired) electrons. The number of ether oxygens (including phenoxy) is 3. The predicted octanol–water partition coefficient (Wildman–Crippen LogP) is 4.68. The van der Waals surface area contributed by atoms with Gasteiger partial charge in [0.05, 0.1) is 0 Å². The van der Waals surface area contributed by atoms with E-state index in [2.05, 4.69) is 0 Å². The maximum Gasteiger partial charge on any atom is 0.324 e. The molecule has 35 heavy (non-hydrogen) atoms. The van der Waals surface area contributed by atoms with E-state index in [1.54, 1.807) is 90.1 Å². The van der Waals surface area contributed by atoms with Crippen LogP contribution in [0.25, 0.3) is 0 Å². The van der Waals surface area contributed by atoms with Crippen LogP contribution in [-0.2, 0) is 23.9 Å². The minimum absolute atomic E-state index is 0.359. The Morgan fingerprint density at radius 2 is 0.914 bits per heavy atom. The number of carbonyl (C=O) groups excluding carboxylic acids is 4. The van der Waals surface area contributed by atoms with E-state index in [9.17, 15) is 19.2 Å². The molecule has 2 aromatic rings. The third-order valence-corrected chi connectivity index (χ3v) is 5.30. The van der Waals surface area contributed by atoms with Crippen molar-refractivity contribution in [3.05, 3.63) is 60.7 Å². The second-order valence-electron chi connectivity index (χ2n) is 10.5. The molecule has 0 spiro atoms. The van der Waals surface area contributed by atoms with Crippen LogP contribution in [-0.4, -0.2) is 36.7 Å². The summed E-state index contributed by atoms with van der Waals surface area (Å²) in [6.45, 7) is 9.47. The van der Waals surface area contributed by atoms with Gasteiger partial charge in [-0.15, -0.1) is 0 Å². The topological polar surface area (TPSA) is 96.0 Å². The molecule has 0 bridgehead atoms. The van der Waals surface area contributed by atoms with Gasteiger partial charge in [-0.2, -0.15) is 0 Å². The van der Waals surface area contributed by atoms with E-state index in [4.69, 9.17) is 14.2 Å².